The first kappa shape index (κ1) is 12.0. The topological polar surface area (TPSA) is 21.3 Å². The number of rotatable bonds is 7. The van der Waals surface area contributed by atoms with Gasteiger partial charge in [-0.3, -0.25) is 0 Å². The van der Waals surface area contributed by atoms with Gasteiger partial charge in [0.2, 0.25) is 0 Å². The van der Waals surface area contributed by atoms with E-state index >= 15 is 0 Å². The molecule has 2 aliphatic carbocycles. The molecule has 2 fully saturated rings. The van der Waals surface area contributed by atoms with Crippen molar-refractivity contribution in [2.45, 2.75) is 38.1 Å². The third-order valence-corrected chi connectivity index (χ3v) is 4.19. The summed E-state index contributed by atoms with van der Waals surface area (Å²) in [5.41, 5.74) is 1.37. The Balaban J connectivity index is 1.48. The highest BCUT2D eigenvalue weighted by atomic mass is 16.5. The maximum atomic E-state index is 5.26. The van der Waals surface area contributed by atoms with E-state index in [0.29, 0.717) is 0 Å². The largest absolute Gasteiger partial charge is 0.497 e. The quantitative estimate of drug-likeness (QED) is 0.797. The van der Waals surface area contributed by atoms with E-state index in [1.807, 2.05) is 6.07 Å². The van der Waals surface area contributed by atoms with Gasteiger partial charge in [0.15, 0.2) is 0 Å². The minimum Gasteiger partial charge on any atom is -0.497 e. The Morgan fingerprint density at radius 2 is 1.94 bits per heavy atom. The van der Waals surface area contributed by atoms with Crippen molar-refractivity contribution in [1.29, 1.82) is 0 Å². The van der Waals surface area contributed by atoms with Crippen molar-refractivity contribution in [3.63, 3.8) is 0 Å². The highest BCUT2D eigenvalue weighted by Gasteiger charge is 2.40. The van der Waals surface area contributed by atoms with Crippen LogP contribution in [0.5, 0.6) is 5.75 Å². The lowest BCUT2D eigenvalue weighted by atomic mass is 10.1. The first-order valence-corrected chi connectivity index (χ1v) is 7.23. The van der Waals surface area contributed by atoms with Crippen LogP contribution in [0.4, 0.5) is 0 Å². The predicted octanol–water partition coefficient (Wildman–Crippen LogP) is 3.02. The van der Waals surface area contributed by atoms with E-state index in [1.165, 1.54) is 31.2 Å². The van der Waals surface area contributed by atoms with Gasteiger partial charge in [0.05, 0.1) is 7.11 Å². The Labute approximate surface area is 110 Å². The fraction of sp³-hybridized carbons (Fsp3) is 0.625. The average molecular weight is 245 g/mol. The number of benzene rings is 1. The average Bonchev–Trinajstić information content (AvgIpc) is 3.28. The molecule has 2 saturated carbocycles. The monoisotopic (exact) mass is 245 g/mol. The number of nitrogens with one attached hydrogen (secondary N) is 1. The molecule has 1 aromatic carbocycles. The van der Waals surface area contributed by atoms with Crippen LogP contribution in [-0.4, -0.2) is 19.7 Å². The third kappa shape index (κ3) is 3.05. The molecule has 0 radical (unpaired) electrons. The minimum atomic E-state index is 0.815. The molecule has 0 saturated heterocycles. The van der Waals surface area contributed by atoms with Crippen molar-refractivity contribution in [2.75, 3.05) is 13.7 Å². The van der Waals surface area contributed by atoms with Gasteiger partial charge >= 0.3 is 0 Å². The summed E-state index contributed by atoms with van der Waals surface area (Å²) in [6.07, 6.45) is 6.91. The van der Waals surface area contributed by atoms with E-state index in [9.17, 15) is 0 Å². The molecule has 98 valence electrons. The second-order valence-corrected chi connectivity index (χ2v) is 5.76. The Morgan fingerprint density at radius 3 is 2.56 bits per heavy atom. The van der Waals surface area contributed by atoms with Crippen LogP contribution in [0.15, 0.2) is 24.3 Å². The molecule has 1 N–H and O–H groups in total. The van der Waals surface area contributed by atoms with E-state index in [1.54, 1.807) is 7.11 Å². The van der Waals surface area contributed by atoms with Crippen molar-refractivity contribution in [3.05, 3.63) is 29.8 Å². The van der Waals surface area contributed by atoms with Crippen LogP contribution in [0.25, 0.3) is 0 Å². The van der Waals surface area contributed by atoms with Crippen LogP contribution < -0.4 is 10.1 Å². The molecule has 0 aromatic heterocycles. The smallest absolute Gasteiger partial charge is 0.119 e. The van der Waals surface area contributed by atoms with Crippen LogP contribution in [0.2, 0.25) is 0 Å². The van der Waals surface area contributed by atoms with E-state index in [2.05, 4.69) is 23.5 Å². The second kappa shape index (κ2) is 5.31. The zero-order chi connectivity index (χ0) is 12.4. The summed E-state index contributed by atoms with van der Waals surface area (Å²) in [6, 6.07) is 9.23. The van der Waals surface area contributed by atoms with Gasteiger partial charge in [-0.1, -0.05) is 12.1 Å². The summed E-state index contributed by atoms with van der Waals surface area (Å²) < 4.78 is 5.26. The molecule has 0 amide bonds. The summed E-state index contributed by atoms with van der Waals surface area (Å²) in [6.45, 7) is 1.10. The Morgan fingerprint density at radius 1 is 1.22 bits per heavy atom. The summed E-state index contributed by atoms with van der Waals surface area (Å²) in [5, 5.41) is 3.79. The molecule has 0 atom stereocenters. The maximum Gasteiger partial charge on any atom is 0.119 e. The van der Waals surface area contributed by atoms with E-state index in [-0.39, 0.29) is 0 Å². The third-order valence-electron chi connectivity index (χ3n) is 4.19. The first-order valence-electron chi connectivity index (χ1n) is 7.23. The Hall–Kier alpha value is -1.02. The van der Waals surface area contributed by atoms with E-state index in [0.717, 1.165) is 36.6 Å². The van der Waals surface area contributed by atoms with Crippen LogP contribution in [0.3, 0.4) is 0 Å². The van der Waals surface area contributed by atoms with Gasteiger partial charge in [-0.25, -0.2) is 0 Å². The molecule has 0 aliphatic heterocycles. The summed E-state index contributed by atoms with van der Waals surface area (Å²) in [4.78, 5) is 0. The Kier molecular flexibility index (Phi) is 3.55. The lowest BCUT2D eigenvalue weighted by Crippen LogP contribution is -2.34. The summed E-state index contributed by atoms with van der Waals surface area (Å²) in [7, 11) is 1.73. The van der Waals surface area contributed by atoms with Gasteiger partial charge in [0.25, 0.3) is 0 Å². The lowest BCUT2D eigenvalue weighted by molar-refractivity contribution is 0.412. The van der Waals surface area contributed by atoms with Crippen LogP contribution in [0.1, 0.15) is 31.2 Å². The highest BCUT2D eigenvalue weighted by Crippen LogP contribution is 2.44. The van der Waals surface area contributed by atoms with E-state index < -0.39 is 0 Å². The Bertz CT molecular complexity index is 384. The van der Waals surface area contributed by atoms with Crippen molar-refractivity contribution < 1.29 is 4.74 Å². The lowest BCUT2D eigenvalue weighted by Gasteiger charge is -2.17. The van der Waals surface area contributed by atoms with Gasteiger partial charge < -0.3 is 10.1 Å². The highest BCUT2D eigenvalue weighted by molar-refractivity contribution is 5.28. The SMILES string of the molecule is COc1cccc(CCNC(C2CC2)C2CC2)c1. The predicted molar refractivity (Wildman–Crippen MR) is 73.9 cm³/mol. The van der Waals surface area contributed by atoms with Crippen LogP contribution in [0, 0.1) is 11.8 Å². The normalized spacial score (nSPS) is 19.2. The van der Waals surface area contributed by atoms with Crippen LogP contribution >= 0.6 is 0 Å². The zero-order valence-corrected chi connectivity index (χ0v) is 11.2. The molecule has 3 rings (SSSR count). The molecule has 1 aromatic rings. The van der Waals surface area contributed by atoms with Crippen molar-refractivity contribution in [1.82, 2.24) is 5.32 Å². The molecular weight excluding hydrogens is 222 g/mol. The number of hydrogen-bond acceptors (Lipinski definition) is 2. The fourth-order valence-corrected chi connectivity index (χ4v) is 2.84. The maximum absolute atomic E-state index is 5.26. The standard InChI is InChI=1S/C16H23NO/c1-18-15-4-2-3-12(11-15)9-10-17-16(13-5-6-13)14-7-8-14/h2-4,11,13-14,16-17H,5-10H2,1H3. The molecule has 2 nitrogen and oxygen atoms in total. The van der Waals surface area contributed by atoms with Crippen LogP contribution in [-0.2, 0) is 6.42 Å². The summed E-state index contributed by atoms with van der Waals surface area (Å²) >= 11 is 0. The fourth-order valence-electron chi connectivity index (χ4n) is 2.84. The number of hydrogen-bond donors (Lipinski definition) is 1. The van der Waals surface area contributed by atoms with Crippen molar-refractivity contribution in [3.8, 4) is 5.75 Å². The zero-order valence-electron chi connectivity index (χ0n) is 11.2. The molecule has 0 heterocycles. The second-order valence-electron chi connectivity index (χ2n) is 5.76. The molecular formula is C16H23NO. The number of ether oxygens (including phenoxy) is 1. The number of methoxy groups -OCH3 is 1. The van der Waals surface area contributed by atoms with Gasteiger partial charge in [0, 0.05) is 6.04 Å². The molecule has 0 unspecified atom stereocenters. The first-order chi connectivity index (χ1) is 8.86. The molecule has 0 bridgehead atoms. The molecule has 2 aliphatic rings. The summed E-state index contributed by atoms with van der Waals surface area (Å²) in [5.74, 6) is 2.94. The van der Waals surface area contributed by atoms with Gasteiger partial charge in [-0.15, -0.1) is 0 Å². The van der Waals surface area contributed by atoms with Gasteiger partial charge in [-0.05, 0) is 68.2 Å². The molecule has 0 spiro atoms. The minimum absolute atomic E-state index is 0.815. The van der Waals surface area contributed by atoms with Crippen molar-refractivity contribution >= 4 is 0 Å². The molecule has 18 heavy (non-hydrogen) atoms. The van der Waals surface area contributed by atoms with E-state index in [4.69, 9.17) is 4.74 Å². The molecule has 2 heteroatoms. The van der Waals surface area contributed by atoms with Gasteiger partial charge in [-0.2, -0.15) is 0 Å². The van der Waals surface area contributed by atoms with Crippen molar-refractivity contribution in [2.24, 2.45) is 11.8 Å². The van der Waals surface area contributed by atoms with Gasteiger partial charge in [0.1, 0.15) is 5.75 Å².